The number of benzene rings is 1. The smallest absolute Gasteiger partial charge is 0.351 e. The molecule has 0 bridgehead atoms. The standard InChI is InChI=1S/C17H22N4O12P2/c18-11-6-7-21(17(25)20-11)15-13(23)12(22)10(32-15)8-31-35(29,30)33-16(34(26,27)28)14(24)19-9-4-2-1-3-5-9/h1-7,10,12-13,15-16,22-23H,8H2,(H,19,24)(H,29,30)(H2,18,20,25)(H2,26,27,28)/p-3/t10-,12-,13-,15-,16?/m1/s1. The summed E-state index contributed by atoms with van der Waals surface area (Å²) in [6.07, 6.45) is -5.45. The van der Waals surface area contributed by atoms with E-state index in [-0.39, 0.29) is 11.5 Å². The van der Waals surface area contributed by atoms with Crippen LogP contribution >= 0.6 is 15.4 Å². The maximum atomic E-state index is 12.2. The van der Waals surface area contributed by atoms with Crippen molar-refractivity contribution < 1.29 is 52.6 Å². The van der Waals surface area contributed by atoms with Crippen LogP contribution in [-0.4, -0.2) is 56.4 Å². The molecule has 0 saturated carbocycles. The minimum absolute atomic E-state index is 0.0520. The Labute approximate surface area is 196 Å². The number of amides is 1. The molecule has 16 nitrogen and oxygen atoms in total. The van der Waals surface area contributed by atoms with Crippen molar-refractivity contribution in [1.29, 1.82) is 0 Å². The average Bonchev–Trinajstić information content (AvgIpc) is 3.04. The molecule has 18 heteroatoms. The number of anilines is 2. The number of carbonyl (C=O) groups excluding carboxylic acids is 1. The summed E-state index contributed by atoms with van der Waals surface area (Å²) in [5.74, 6) is -4.71. The number of carbonyl (C=O) groups is 1. The van der Waals surface area contributed by atoms with Gasteiger partial charge in [0.15, 0.2) is 12.1 Å². The average molecular weight is 533 g/mol. The number of hydrogen-bond donors (Lipinski definition) is 4. The lowest BCUT2D eigenvalue weighted by atomic mass is 10.1. The first kappa shape index (κ1) is 27.1. The highest BCUT2D eigenvalue weighted by molar-refractivity contribution is 7.52. The molecule has 2 unspecified atom stereocenters. The van der Waals surface area contributed by atoms with Gasteiger partial charge in [0.1, 0.15) is 24.1 Å². The van der Waals surface area contributed by atoms with E-state index in [4.69, 9.17) is 10.5 Å². The molecule has 0 spiro atoms. The van der Waals surface area contributed by atoms with E-state index in [1.54, 1.807) is 6.07 Å². The largest absolute Gasteiger partial charge is 0.809 e. The Hall–Kier alpha value is -2.49. The summed E-state index contributed by atoms with van der Waals surface area (Å²) in [6, 6.07) is 8.42. The zero-order chi connectivity index (χ0) is 26.0. The third kappa shape index (κ3) is 6.80. The molecule has 1 amide bonds. The van der Waals surface area contributed by atoms with Gasteiger partial charge in [-0.3, -0.25) is 18.5 Å². The molecule has 192 valence electrons. The van der Waals surface area contributed by atoms with Crippen molar-refractivity contribution in [1.82, 2.24) is 9.55 Å². The van der Waals surface area contributed by atoms with Crippen LogP contribution in [0.1, 0.15) is 6.23 Å². The van der Waals surface area contributed by atoms with Crippen LogP contribution in [0.5, 0.6) is 0 Å². The van der Waals surface area contributed by atoms with Crippen LogP contribution < -0.4 is 31.4 Å². The number of ether oxygens (including phenoxy) is 1. The number of nitrogens with two attached hydrogens (primary N) is 1. The van der Waals surface area contributed by atoms with Gasteiger partial charge < -0.3 is 49.8 Å². The molecule has 6 atom stereocenters. The molecule has 2 heterocycles. The van der Waals surface area contributed by atoms with E-state index in [0.717, 1.165) is 10.8 Å². The molecule has 2 aromatic rings. The van der Waals surface area contributed by atoms with Crippen LogP contribution in [0.2, 0.25) is 0 Å². The van der Waals surface area contributed by atoms with E-state index in [0.29, 0.717) is 0 Å². The van der Waals surface area contributed by atoms with Crippen molar-refractivity contribution in [2.24, 2.45) is 0 Å². The molecular weight excluding hydrogens is 514 g/mol. The predicted molar refractivity (Wildman–Crippen MR) is 110 cm³/mol. The monoisotopic (exact) mass is 533 g/mol. The van der Waals surface area contributed by atoms with E-state index in [2.05, 4.69) is 14.0 Å². The lowest BCUT2D eigenvalue weighted by Crippen LogP contribution is -2.39. The van der Waals surface area contributed by atoms with Crippen LogP contribution in [0, 0.1) is 0 Å². The van der Waals surface area contributed by atoms with Crippen molar-refractivity contribution >= 4 is 32.8 Å². The molecule has 1 aromatic carbocycles. The van der Waals surface area contributed by atoms with Crippen molar-refractivity contribution in [2.45, 2.75) is 30.4 Å². The highest BCUT2D eigenvalue weighted by Gasteiger charge is 2.45. The summed E-state index contributed by atoms with van der Waals surface area (Å²) in [6.45, 7) is -1.04. The van der Waals surface area contributed by atoms with Crippen molar-refractivity contribution in [3.8, 4) is 0 Å². The first-order valence-corrected chi connectivity index (χ1v) is 12.7. The van der Waals surface area contributed by atoms with E-state index >= 15 is 0 Å². The second kappa shape index (κ2) is 10.6. The zero-order valence-corrected chi connectivity index (χ0v) is 19.3. The summed E-state index contributed by atoms with van der Waals surface area (Å²) in [5.41, 5.74) is 4.49. The van der Waals surface area contributed by atoms with Crippen molar-refractivity contribution in [2.75, 3.05) is 17.7 Å². The van der Waals surface area contributed by atoms with Gasteiger partial charge in [-0.25, -0.2) is 4.79 Å². The van der Waals surface area contributed by atoms with Crippen molar-refractivity contribution in [3.05, 3.63) is 53.1 Å². The molecule has 1 fully saturated rings. The number of para-hydroxylation sites is 1. The molecule has 1 aliphatic rings. The van der Waals surface area contributed by atoms with Gasteiger partial charge in [-0.15, -0.1) is 0 Å². The Kier molecular flexibility index (Phi) is 8.24. The van der Waals surface area contributed by atoms with Gasteiger partial charge in [0.2, 0.25) is 0 Å². The number of nitrogens with zero attached hydrogens (tertiary/aromatic N) is 2. The molecule has 35 heavy (non-hydrogen) atoms. The zero-order valence-electron chi connectivity index (χ0n) is 17.5. The summed E-state index contributed by atoms with van der Waals surface area (Å²) in [7, 11) is -11.6. The lowest BCUT2D eigenvalue weighted by molar-refractivity contribution is -0.322. The topological polar surface area (TPSA) is 261 Å². The van der Waals surface area contributed by atoms with E-state index < -0.39 is 64.0 Å². The van der Waals surface area contributed by atoms with Gasteiger partial charge in [0.25, 0.3) is 13.7 Å². The molecule has 0 aliphatic carbocycles. The normalized spacial score (nSPS) is 25.1. The Morgan fingerprint density at radius 2 is 1.86 bits per heavy atom. The highest BCUT2D eigenvalue weighted by atomic mass is 31.2. The Morgan fingerprint density at radius 1 is 1.20 bits per heavy atom. The number of nitrogens with one attached hydrogen (secondary N) is 1. The second-order valence-corrected chi connectivity index (χ2v) is 10.1. The SMILES string of the molecule is Nc1ccn([C@@H]2O[C@H](COP(=O)([O-])OC(C(=O)Nc3ccccc3)P(=O)([O-])[O-])[C@@H](O)[C@H]2O)c(=O)n1. The van der Waals surface area contributed by atoms with Gasteiger partial charge in [-0.1, -0.05) is 18.2 Å². The molecular formula is C17H19N4O12P2-3. The fraction of sp³-hybridized carbons (Fsp3) is 0.353. The number of aliphatic hydroxyl groups is 2. The molecule has 0 radical (unpaired) electrons. The maximum Gasteiger partial charge on any atom is 0.351 e. The number of phosphoric ester groups is 1. The number of aliphatic hydroxyl groups excluding tert-OH is 2. The van der Waals surface area contributed by atoms with Crippen LogP contribution in [0.4, 0.5) is 11.5 Å². The quantitative estimate of drug-likeness (QED) is 0.232. The summed E-state index contributed by atoms with van der Waals surface area (Å²) < 4.78 is 38.4. The van der Waals surface area contributed by atoms with Gasteiger partial charge in [-0.05, 0) is 25.8 Å². The van der Waals surface area contributed by atoms with Crippen LogP contribution in [0.3, 0.4) is 0 Å². The second-order valence-electron chi connectivity index (χ2n) is 7.18. The molecule has 1 aromatic heterocycles. The number of rotatable bonds is 9. The lowest BCUT2D eigenvalue weighted by Gasteiger charge is -2.39. The van der Waals surface area contributed by atoms with Crippen LogP contribution in [0.15, 0.2) is 47.4 Å². The highest BCUT2D eigenvalue weighted by Crippen LogP contribution is 2.48. The molecule has 1 aliphatic heterocycles. The van der Waals surface area contributed by atoms with Gasteiger partial charge >= 0.3 is 5.69 Å². The summed E-state index contributed by atoms with van der Waals surface area (Å²) in [5, 5.41) is 22.3. The molecule has 1 saturated heterocycles. The summed E-state index contributed by atoms with van der Waals surface area (Å²) in [4.78, 5) is 62.7. The van der Waals surface area contributed by atoms with E-state index in [1.165, 1.54) is 30.3 Å². The van der Waals surface area contributed by atoms with Gasteiger partial charge in [-0.2, -0.15) is 4.98 Å². The number of nitrogen functional groups attached to an aromatic ring is 1. The molecule has 3 rings (SSSR count). The number of hydrogen-bond acceptors (Lipinski definition) is 14. The van der Waals surface area contributed by atoms with Gasteiger partial charge in [0, 0.05) is 11.9 Å². The minimum atomic E-state index is -5.96. The first-order chi connectivity index (χ1) is 16.3. The van der Waals surface area contributed by atoms with E-state index in [9.17, 15) is 43.6 Å². The van der Waals surface area contributed by atoms with Gasteiger partial charge in [0.05, 0.1) is 6.61 Å². The fourth-order valence-electron chi connectivity index (χ4n) is 3.01. The maximum absolute atomic E-state index is 12.2. The Balaban J connectivity index is 1.67. The first-order valence-electron chi connectivity index (χ1n) is 9.66. The van der Waals surface area contributed by atoms with Crippen LogP contribution in [-0.2, 0) is 27.7 Å². The predicted octanol–water partition coefficient (Wildman–Crippen LogP) is -3.18. The van der Waals surface area contributed by atoms with Crippen molar-refractivity contribution in [3.63, 3.8) is 0 Å². The fourth-order valence-corrected chi connectivity index (χ4v) is 4.90. The number of aromatic nitrogens is 2. The van der Waals surface area contributed by atoms with Crippen LogP contribution in [0.25, 0.3) is 0 Å². The molecule has 5 N–H and O–H groups in total. The summed E-state index contributed by atoms with van der Waals surface area (Å²) >= 11 is 0. The Morgan fingerprint density at radius 3 is 2.46 bits per heavy atom. The third-order valence-electron chi connectivity index (χ3n) is 4.64. The Bertz CT molecular complexity index is 1210. The minimum Gasteiger partial charge on any atom is -0.809 e. The third-order valence-corrected chi connectivity index (χ3v) is 6.66. The number of phosphoric acid groups is 1. The van der Waals surface area contributed by atoms with E-state index in [1.807, 2.05) is 5.32 Å².